The van der Waals surface area contributed by atoms with Crippen molar-refractivity contribution >= 4 is 94.2 Å². The number of carboxylic acid groups (broad SMARTS) is 1. The van der Waals surface area contributed by atoms with E-state index in [1.807, 2.05) is 0 Å². The maximum absolute atomic E-state index is 14.3. The normalized spacial score (nSPS) is 13.5. The van der Waals surface area contributed by atoms with Crippen LogP contribution < -0.4 is 77.4 Å². The first-order valence-electron chi connectivity index (χ1n) is 24.8. The van der Waals surface area contributed by atoms with E-state index >= 15 is 0 Å². The number of hydrogen-bond donors (Lipinski definition) is 15. The number of primary amides is 1. The number of carboxylic acids is 1. The van der Waals surface area contributed by atoms with Gasteiger partial charge in [-0.25, -0.2) is 22.0 Å². The van der Waals surface area contributed by atoms with Crippen molar-refractivity contribution in [3.63, 3.8) is 0 Å². The van der Waals surface area contributed by atoms with Crippen molar-refractivity contribution in [2.24, 2.45) is 65.3 Å². The molecule has 0 radical (unpaired) electrons. The van der Waals surface area contributed by atoms with Gasteiger partial charge in [0.25, 0.3) is 0 Å². The molecule has 82 heavy (non-hydrogen) atoms. The number of amides is 8. The van der Waals surface area contributed by atoms with E-state index in [0.29, 0.717) is 0 Å². The number of nitrogens with one attached hydrogen (secondary N) is 7. The Bertz CT molecular complexity index is 2680. The molecule has 0 aromatic heterocycles. The first-order valence-corrected chi connectivity index (χ1v) is 26.2. The number of thioether (sulfide) groups is 1. The number of aliphatic carboxylic acids is 1. The summed E-state index contributed by atoms with van der Waals surface area (Å²) < 4.78 is 69.6. The van der Waals surface area contributed by atoms with Gasteiger partial charge in [0, 0.05) is 33.0 Å². The van der Waals surface area contributed by atoms with Gasteiger partial charge in [-0.1, -0.05) is 12.1 Å². The number of aliphatic imine (C=N–C) groups is 3. The zero-order chi connectivity index (χ0) is 61.8. The lowest BCUT2D eigenvalue weighted by Gasteiger charge is -2.27. The highest BCUT2D eigenvalue weighted by atomic mass is 32.2. The molecule has 22 N–H and O–H groups in total. The number of carbonyl (C=O) groups excluding carboxylic acids is 8. The lowest BCUT2D eigenvalue weighted by Crippen LogP contribution is -2.60. The van der Waals surface area contributed by atoms with Crippen LogP contribution in [0.2, 0.25) is 0 Å². The second-order valence-corrected chi connectivity index (χ2v) is 18.9. The Balaban J connectivity index is 2.47. The molecule has 0 aliphatic carbocycles. The SMILES string of the molecule is CSCCC(NC(=O)C(CCCN=C(N)N)NC(C)=O)C(=O)NC(CC(=O)O)C(=O)NC(C)C(=O)NC(CCCN=C(N)N)C(=O)NC(Cc1ccc(N=Nc2c(F)c(F)c(F)c(F)c2F)cc1)C(=O)NC(CCCN=C(N)N)C(N)=O. The molecule has 2 aromatic rings. The molecule has 29 nitrogen and oxygen atoms in total. The van der Waals surface area contributed by atoms with Crippen LogP contribution in [0.15, 0.2) is 49.5 Å². The number of guanidine groups is 3. The molecule has 0 heterocycles. The van der Waals surface area contributed by atoms with Crippen LogP contribution in [0.5, 0.6) is 0 Å². The van der Waals surface area contributed by atoms with E-state index < -0.39 is 143 Å². The lowest BCUT2D eigenvalue weighted by molar-refractivity contribution is -0.141. The third-order valence-electron chi connectivity index (χ3n) is 11.3. The minimum atomic E-state index is -2.41. The third-order valence-corrected chi connectivity index (χ3v) is 11.9. The second kappa shape index (κ2) is 34.9. The summed E-state index contributed by atoms with van der Waals surface area (Å²) in [6.45, 7) is 2.36. The summed E-state index contributed by atoms with van der Waals surface area (Å²) >= 11 is 1.29. The molecule has 8 amide bonds. The van der Waals surface area contributed by atoms with Crippen LogP contribution in [0, 0.1) is 29.1 Å². The fourth-order valence-corrected chi connectivity index (χ4v) is 7.64. The minimum Gasteiger partial charge on any atom is -0.481 e. The van der Waals surface area contributed by atoms with Crippen LogP contribution in [0.25, 0.3) is 0 Å². The number of carbonyl (C=O) groups is 9. The lowest BCUT2D eigenvalue weighted by atomic mass is 10.0. The summed E-state index contributed by atoms with van der Waals surface area (Å²) in [5.41, 5.74) is 36.4. The van der Waals surface area contributed by atoms with Crippen LogP contribution in [-0.4, -0.2) is 150 Å². The quantitative estimate of drug-likeness (QED) is 0.00653. The molecular formula is C47H68F5N19O10S. The van der Waals surface area contributed by atoms with E-state index in [1.165, 1.54) is 43.0 Å². The Morgan fingerprint density at radius 3 is 1.35 bits per heavy atom. The first kappa shape index (κ1) is 69.2. The topological polar surface area (TPSA) is 502 Å². The second-order valence-electron chi connectivity index (χ2n) is 17.9. The average molecular weight is 1190 g/mol. The van der Waals surface area contributed by atoms with Crippen LogP contribution in [0.1, 0.15) is 70.8 Å². The molecule has 452 valence electrons. The Morgan fingerprint density at radius 1 is 0.512 bits per heavy atom. The molecule has 7 unspecified atom stereocenters. The van der Waals surface area contributed by atoms with E-state index in [1.54, 1.807) is 6.26 Å². The predicted molar refractivity (Wildman–Crippen MR) is 290 cm³/mol. The molecule has 0 saturated carbocycles. The van der Waals surface area contributed by atoms with Crippen molar-refractivity contribution < 1.29 is 70.2 Å². The molecule has 0 spiro atoms. The van der Waals surface area contributed by atoms with Gasteiger partial charge >= 0.3 is 5.97 Å². The van der Waals surface area contributed by atoms with Gasteiger partial charge in [0.15, 0.2) is 46.8 Å². The first-order chi connectivity index (χ1) is 38.6. The standard InChI is InChI=1S/C47H68F5N19O10S/c1-21(63-43(80)30(20-31(73)74)69-42(79)28(14-18-82-3)67-40(77)26(64-22(2)72)8-5-16-61-46(56)57)39(76)66-27(9-6-17-62-47(58)59)41(78)68-29(44(81)65-25(38(53)75)7-4-15-60-45(54)55)19-23-10-12-24(13-11-23)70-71-37-35(51)33(49)32(48)34(50)36(37)52/h10-13,21,25-30H,4-9,14-20H2,1-3H3,(H2,53,75)(H,63,80)(H,64,72)(H,65,81)(H,66,76)(H,67,77)(H,68,78)(H,69,79)(H,73,74)(H4,54,55,60)(H4,56,57,61)(H4,58,59,62). The fourth-order valence-electron chi connectivity index (χ4n) is 7.17. The largest absolute Gasteiger partial charge is 0.481 e. The summed E-state index contributed by atoms with van der Waals surface area (Å²) in [5, 5.41) is 33.4. The Kier molecular flexibility index (Phi) is 29.5. The number of hydrogen-bond acceptors (Lipinski definition) is 15. The van der Waals surface area contributed by atoms with Gasteiger partial charge in [-0.15, -0.1) is 5.11 Å². The van der Waals surface area contributed by atoms with Crippen LogP contribution in [0.3, 0.4) is 0 Å². The van der Waals surface area contributed by atoms with Gasteiger partial charge in [0.1, 0.15) is 42.3 Å². The number of nitrogens with zero attached hydrogens (tertiary/aromatic N) is 5. The van der Waals surface area contributed by atoms with Crippen LogP contribution in [0.4, 0.5) is 33.3 Å². The molecular weight excluding hydrogens is 1120 g/mol. The number of rotatable bonds is 35. The molecule has 0 fully saturated rings. The summed E-state index contributed by atoms with van der Waals surface area (Å²) in [4.78, 5) is 131. The van der Waals surface area contributed by atoms with Crippen molar-refractivity contribution in [2.45, 2.75) is 114 Å². The van der Waals surface area contributed by atoms with E-state index in [4.69, 9.17) is 40.1 Å². The van der Waals surface area contributed by atoms with Gasteiger partial charge in [0.05, 0.1) is 12.1 Å². The van der Waals surface area contributed by atoms with Gasteiger partial charge in [-0.05, 0) is 81.6 Å². The highest BCUT2D eigenvalue weighted by Gasteiger charge is 2.34. The Morgan fingerprint density at radius 2 is 0.902 bits per heavy atom. The van der Waals surface area contributed by atoms with Crippen LogP contribution >= 0.6 is 11.8 Å². The predicted octanol–water partition coefficient (Wildman–Crippen LogP) is -2.35. The Hall–Kier alpha value is -8.92. The molecule has 0 saturated heterocycles. The molecule has 7 atom stereocenters. The molecule has 35 heteroatoms. The van der Waals surface area contributed by atoms with Crippen molar-refractivity contribution in [1.29, 1.82) is 0 Å². The number of halogens is 5. The van der Waals surface area contributed by atoms with E-state index in [-0.39, 0.29) is 99.5 Å². The summed E-state index contributed by atoms with van der Waals surface area (Å²) in [5.74, 6) is -21.1. The summed E-state index contributed by atoms with van der Waals surface area (Å²) in [6, 6.07) is -5.63. The van der Waals surface area contributed by atoms with Crippen molar-refractivity contribution in [3.05, 3.63) is 58.9 Å². The van der Waals surface area contributed by atoms with Crippen molar-refractivity contribution in [1.82, 2.24) is 37.2 Å². The number of azo groups is 1. The van der Waals surface area contributed by atoms with Gasteiger partial charge in [-0.3, -0.25) is 58.1 Å². The zero-order valence-electron chi connectivity index (χ0n) is 44.7. The summed E-state index contributed by atoms with van der Waals surface area (Å²) in [6.07, 6.45) is 0.311. The highest BCUT2D eigenvalue weighted by molar-refractivity contribution is 7.98. The number of benzene rings is 2. The molecule has 0 aliphatic rings. The average Bonchev–Trinajstić information content (AvgIpc) is 3.56. The summed E-state index contributed by atoms with van der Waals surface area (Å²) in [7, 11) is 0. The molecule has 0 bridgehead atoms. The van der Waals surface area contributed by atoms with Crippen LogP contribution in [-0.2, 0) is 49.6 Å². The maximum Gasteiger partial charge on any atom is 0.305 e. The molecule has 2 aromatic carbocycles. The van der Waals surface area contributed by atoms with E-state index in [9.17, 15) is 70.2 Å². The Labute approximate surface area is 470 Å². The third kappa shape index (κ3) is 24.6. The highest BCUT2D eigenvalue weighted by Crippen LogP contribution is 2.31. The zero-order valence-corrected chi connectivity index (χ0v) is 45.6. The smallest absolute Gasteiger partial charge is 0.305 e. The van der Waals surface area contributed by atoms with E-state index in [2.05, 4.69) is 62.4 Å². The molecule has 0 aliphatic heterocycles. The van der Waals surface area contributed by atoms with E-state index in [0.717, 1.165) is 6.92 Å². The number of nitrogens with two attached hydrogens (primary N) is 7. The fraction of sp³-hybridized carbons (Fsp3) is 0.489. The maximum atomic E-state index is 14.3. The van der Waals surface area contributed by atoms with Crippen molar-refractivity contribution in [3.8, 4) is 0 Å². The van der Waals surface area contributed by atoms with Gasteiger partial charge < -0.3 is 82.5 Å². The monoisotopic (exact) mass is 1190 g/mol. The van der Waals surface area contributed by atoms with Gasteiger partial charge in [-0.2, -0.15) is 16.9 Å². The van der Waals surface area contributed by atoms with Crippen molar-refractivity contribution in [2.75, 3.05) is 31.6 Å². The molecule has 2 rings (SSSR count). The van der Waals surface area contributed by atoms with Gasteiger partial charge in [0.2, 0.25) is 53.1 Å². The minimum absolute atomic E-state index is 0.00107.